The SMILES string of the molecule is O=C(c1ccc(Cn2cncn2)cc1)N1CCN(C(=O)c2ccccc2C(F)(F)F)CC1. The van der Waals surface area contributed by atoms with Crippen LogP contribution in [0.5, 0.6) is 0 Å². The Bertz CT molecular complexity index is 1090. The number of hydrogen-bond donors (Lipinski definition) is 0. The van der Waals surface area contributed by atoms with Crippen LogP contribution in [0.1, 0.15) is 31.8 Å². The Kier molecular flexibility index (Phi) is 5.93. The molecule has 1 saturated heterocycles. The van der Waals surface area contributed by atoms with Crippen LogP contribution in [0.4, 0.5) is 13.2 Å². The van der Waals surface area contributed by atoms with Gasteiger partial charge in [-0.1, -0.05) is 24.3 Å². The first kappa shape index (κ1) is 21.5. The van der Waals surface area contributed by atoms with Crippen LogP contribution in [-0.2, 0) is 12.7 Å². The van der Waals surface area contributed by atoms with Crippen LogP contribution in [0, 0.1) is 0 Å². The van der Waals surface area contributed by atoms with Crippen molar-refractivity contribution in [1.29, 1.82) is 0 Å². The molecule has 166 valence electrons. The van der Waals surface area contributed by atoms with Gasteiger partial charge < -0.3 is 9.80 Å². The molecule has 10 heteroatoms. The van der Waals surface area contributed by atoms with Crippen molar-refractivity contribution < 1.29 is 22.8 Å². The first-order valence-electron chi connectivity index (χ1n) is 9.99. The molecule has 32 heavy (non-hydrogen) atoms. The van der Waals surface area contributed by atoms with E-state index in [0.717, 1.165) is 11.6 Å². The number of rotatable bonds is 4. The Morgan fingerprint density at radius 1 is 0.875 bits per heavy atom. The average Bonchev–Trinajstić information content (AvgIpc) is 3.31. The van der Waals surface area contributed by atoms with Gasteiger partial charge >= 0.3 is 6.18 Å². The molecule has 0 radical (unpaired) electrons. The van der Waals surface area contributed by atoms with E-state index < -0.39 is 17.6 Å². The number of hydrogen-bond acceptors (Lipinski definition) is 4. The van der Waals surface area contributed by atoms with Crippen LogP contribution in [0.2, 0.25) is 0 Å². The molecule has 3 aromatic rings. The van der Waals surface area contributed by atoms with E-state index in [1.165, 1.54) is 29.4 Å². The standard InChI is InChI=1S/C22H20F3N5O2/c23-22(24,25)19-4-2-1-3-18(19)21(32)29-11-9-28(10-12-29)20(31)17-7-5-16(6-8-17)13-30-15-26-14-27-30/h1-8,14-15H,9-13H2. The van der Waals surface area contributed by atoms with Crippen molar-refractivity contribution in [3.05, 3.63) is 83.4 Å². The van der Waals surface area contributed by atoms with Crippen molar-refractivity contribution in [3.63, 3.8) is 0 Å². The molecule has 2 heterocycles. The Morgan fingerprint density at radius 3 is 2.09 bits per heavy atom. The monoisotopic (exact) mass is 443 g/mol. The molecule has 1 fully saturated rings. The molecule has 2 aromatic carbocycles. The van der Waals surface area contributed by atoms with E-state index in [0.29, 0.717) is 12.1 Å². The van der Waals surface area contributed by atoms with Crippen LogP contribution in [-0.4, -0.2) is 62.6 Å². The number of aromatic nitrogens is 3. The highest BCUT2D eigenvalue weighted by Crippen LogP contribution is 2.32. The van der Waals surface area contributed by atoms with E-state index in [9.17, 15) is 22.8 Å². The van der Waals surface area contributed by atoms with E-state index in [2.05, 4.69) is 10.1 Å². The minimum absolute atomic E-state index is 0.168. The maximum atomic E-state index is 13.2. The van der Waals surface area contributed by atoms with Gasteiger partial charge in [0.25, 0.3) is 11.8 Å². The third kappa shape index (κ3) is 4.63. The zero-order valence-corrected chi connectivity index (χ0v) is 17.0. The number of carbonyl (C=O) groups excluding carboxylic acids is 2. The first-order chi connectivity index (χ1) is 15.3. The maximum absolute atomic E-state index is 13.2. The first-order valence-corrected chi connectivity index (χ1v) is 9.99. The molecular formula is C22H20F3N5O2. The van der Waals surface area contributed by atoms with Crippen molar-refractivity contribution in [3.8, 4) is 0 Å². The summed E-state index contributed by atoms with van der Waals surface area (Å²) in [6, 6.07) is 11.9. The number of nitrogens with zero attached hydrogens (tertiary/aromatic N) is 5. The van der Waals surface area contributed by atoms with Crippen molar-refractivity contribution >= 4 is 11.8 Å². The Balaban J connectivity index is 1.37. The lowest BCUT2D eigenvalue weighted by Gasteiger charge is -2.35. The minimum atomic E-state index is -4.61. The predicted molar refractivity (Wildman–Crippen MR) is 109 cm³/mol. The maximum Gasteiger partial charge on any atom is 0.417 e. The molecule has 7 nitrogen and oxygen atoms in total. The number of alkyl halides is 3. The lowest BCUT2D eigenvalue weighted by molar-refractivity contribution is -0.138. The number of amides is 2. The Hall–Kier alpha value is -3.69. The topological polar surface area (TPSA) is 71.3 Å². The summed E-state index contributed by atoms with van der Waals surface area (Å²) in [6.07, 6.45) is -1.55. The van der Waals surface area contributed by atoms with Gasteiger partial charge in [0.2, 0.25) is 0 Å². The summed E-state index contributed by atoms with van der Waals surface area (Å²) in [7, 11) is 0. The summed E-state index contributed by atoms with van der Waals surface area (Å²) in [5.41, 5.74) is 0.151. The van der Waals surface area contributed by atoms with Gasteiger partial charge in [-0.05, 0) is 29.8 Å². The molecule has 4 rings (SSSR count). The van der Waals surface area contributed by atoms with Crippen molar-refractivity contribution in [1.82, 2.24) is 24.6 Å². The van der Waals surface area contributed by atoms with Gasteiger partial charge in [0.15, 0.2) is 0 Å². The summed E-state index contributed by atoms with van der Waals surface area (Å²) in [6.45, 7) is 1.37. The zero-order chi connectivity index (χ0) is 22.7. The summed E-state index contributed by atoms with van der Waals surface area (Å²) in [5, 5.41) is 4.04. The second kappa shape index (κ2) is 8.81. The highest BCUT2D eigenvalue weighted by atomic mass is 19.4. The zero-order valence-electron chi connectivity index (χ0n) is 17.0. The number of benzene rings is 2. The highest BCUT2D eigenvalue weighted by Gasteiger charge is 2.36. The summed E-state index contributed by atoms with van der Waals surface area (Å²) < 4.78 is 41.4. The largest absolute Gasteiger partial charge is 0.417 e. The van der Waals surface area contributed by atoms with Crippen molar-refractivity contribution in [2.75, 3.05) is 26.2 Å². The third-order valence-corrected chi connectivity index (χ3v) is 5.33. The van der Waals surface area contributed by atoms with Gasteiger partial charge in [0.1, 0.15) is 12.7 Å². The molecule has 0 spiro atoms. The van der Waals surface area contributed by atoms with Gasteiger partial charge in [0.05, 0.1) is 17.7 Å². The lowest BCUT2D eigenvalue weighted by Crippen LogP contribution is -2.50. The molecule has 1 aromatic heterocycles. The molecule has 1 aliphatic rings. The molecule has 0 N–H and O–H groups in total. The number of halogens is 3. The molecule has 0 aliphatic carbocycles. The van der Waals surface area contributed by atoms with Crippen molar-refractivity contribution in [2.24, 2.45) is 0 Å². The number of piperazine rings is 1. The van der Waals surface area contributed by atoms with E-state index >= 15 is 0 Å². The molecular weight excluding hydrogens is 423 g/mol. The second-order valence-electron chi connectivity index (χ2n) is 7.42. The summed E-state index contributed by atoms with van der Waals surface area (Å²) >= 11 is 0. The van der Waals surface area contributed by atoms with Gasteiger partial charge in [-0.15, -0.1) is 0 Å². The van der Waals surface area contributed by atoms with Crippen LogP contribution in [0.3, 0.4) is 0 Å². The summed E-state index contributed by atoms with van der Waals surface area (Å²) in [5.74, 6) is -0.859. The molecule has 0 bridgehead atoms. The van der Waals surface area contributed by atoms with E-state index in [-0.39, 0.29) is 37.6 Å². The molecule has 0 saturated carbocycles. The van der Waals surface area contributed by atoms with Crippen molar-refractivity contribution in [2.45, 2.75) is 12.7 Å². The highest BCUT2D eigenvalue weighted by molar-refractivity contribution is 5.97. The molecule has 0 unspecified atom stereocenters. The van der Waals surface area contributed by atoms with Gasteiger partial charge in [-0.25, -0.2) is 9.67 Å². The minimum Gasteiger partial charge on any atom is -0.335 e. The van der Waals surface area contributed by atoms with Gasteiger partial charge in [-0.3, -0.25) is 9.59 Å². The van der Waals surface area contributed by atoms with E-state index in [1.807, 2.05) is 12.1 Å². The fourth-order valence-corrected chi connectivity index (χ4v) is 3.64. The average molecular weight is 443 g/mol. The van der Waals surface area contributed by atoms with E-state index in [1.54, 1.807) is 28.0 Å². The molecule has 2 amide bonds. The number of carbonyl (C=O) groups is 2. The van der Waals surface area contributed by atoms with Crippen LogP contribution < -0.4 is 0 Å². The quantitative estimate of drug-likeness (QED) is 0.622. The van der Waals surface area contributed by atoms with Crippen LogP contribution >= 0.6 is 0 Å². The fourth-order valence-electron chi connectivity index (χ4n) is 3.64. The Labute approximate surface area is 182 Å². The fraction of sp³-hybridized carbons (Fsp3) is 0.273. The smallest absolute Gasteiger partial charge is 0.335 e. The predicted octanol–water partition coefficient (Wildman–Crippen LogP) is 2.94. The molecule has 1 aliphatic heterocycles. The van der Waals surface area contributed by atoms with E-state index in [4.69, 9.17) is 0 Å². The Morgan fingerprint density at radius 2 is 1.50 bits per heavy atom. The summed E-state index contributed by atoms with van der Waals surface area (Å²) in [4.78, 5) is 32.3. The second-order valence-corrected chi connectivity index (χ2v) is 7.42. The third-order valence-electron chi connectivity index (χ3n) is 5.33. The normalized spacial score (nSPS) is 14.5. The van der Waals surface area contributed by atoms with Gasteiger partial charge in [-0.2, -0.15) is 18.3 Å². The van der Waals surface area contributed by atoms with Crippen LogP contribution in [0.25, 0.3) is 0 Å². The van der Waals surface area contributed by atoms with Gasteiger partial charge in [0, 0.05) is 31.7 Å². The molecule has 0 atom stereocenters. The lowest BCUT2D eigenvalue weighted by atomic mass is 10.1. The van der Waals surface area contributed by atoms with Crippen LogP contribution in [0.15, 0.2) is 61.2 Å².